The second-order valence-electron chi connectivity index (χ2n) is 2.27. The lowest BCUT2D eigenvalue weighted by Gasteiger charge is -2.02. The van der Waals surface area contributed by atoms with Gasteiger partial charge in [0.05, 0.1) is 7.11 Å². The fraction of sp³-hybridized carbons (Fsp3) is 0.222. The Kier molecular flexibility index (Phi) is 3.12. The van der Waals surface area contributed by atoms with Crippen molar-refractivity contribution in [1.29, 1.82) is 0 Å². The van der Waals surface area contributed by atoms with Gasteiger partial charge in [0.15, 0.2) is 11.6 Å². The first-order chi connectivity index (χ1) is 6.27. The average Bonchev–Trinajstić information content (AvgIpc) is 2.16. The highest BCUT2D eigenvalue weighted by Crippen LogP contribution is 2.18. The maximum atomic E-state index is 8.46. The Labute approximate surface area is 76.4 Å². The van der Waals surface area contributed by atoms with E-state index in [9.17, 15) is 0 Å². The summed E-state index contributed by atoms with van der Waals surface area (Å²) in [4.78, 5) is 3.87. The third-order valence-electron chi connectivity index (χ3n) is 1.41. The molecule has 3 N–H and O–H groups in total. The van der Waals surface area contributed by atoms with Gasteiger partial charge in [-0.15, -0.1) is 0 Å². The standard InChI is InChI=1S/C9H10N2O2/c1-13-8-5-7(3-2-4-12)6-11-9(8)10/h5-6,12H,4H2,1H3,(H2,10,11). The number of pyridine rings is 1. The first kappa shape index (κ1) is 9.36. The van der Waals surface area contributed by atoms with Crippen LogP contribution in [0, 0.1) is 11.8 Å². The number of aliphatic hydroxyl groups excluding tert-OH is 1. The lowest BCUT2D eigenvalue weighted by molar-refractivity contribution is 0.350. The van der Waals surface area contributed by atoms with Gasteiger partial charge in [-0.2, -0.15) is 0 Å². The van der Waals surface area contributed by atoms with Crippen molar-refractivity contribution < 1.29 is 9.84 Å². The molecule has 13 heavy (non-hydrogen) atoms. The highest BCUT2D eigenvalue weighted by atomic mass is 16.5. The molecule has 1 rings (SSSR count). The molecule has 1 aromatic heterocycles. The predicted octanol–water partition coefficient (Wildman–Crippen LogP) is 0.0162. The van der Waals surface area contributed by atoms with E-state index in [-0.39, 0.29) is 6.61 Å². The molecule has 68 valence electrons. The van der Waals surface area contributed by atoms with E-state index in [4.69, 9.17) is 15.6 Å². The van der Waals surface area contributed by atoms with Gasteiger partial charge < -0.3 is 15.6 Å². The van der Waals surface area contributed by atoms with Gasteiger partial charge in [-0.05, 0) is 0 Å². The molecule has 1 heterocycles. The highest BCUT2D eigenvalue weighted by Gasteiger charge is 1.99. The largest absolute Gasteiger partial charge is 0.493 e. The molecule has 4 nitrogen and oxygen atoms in total. The number of methoxy groups -OCH3 is 1. The SMILES string of the molecule is COc1cc(C#CCO)cnc1N. The van der Waals surface area contributed by atoms with Crippen molar-refractivity contribution in [2.45, 2.75) is 0 Å². The molecule has 0 saturated heterocycles. The third-order valence-corrected chi connectivity index (χ3v) is 1.41. The second kappa shape index (κ2) is 4.33. The fourth-order valence-electron chi connectivity index (χ4n) is 0.829. The lowest BCUT2D eigenvalue weighted by Crippen LogP contribution is -1.95. The van der Waals surface area contributed by atoms with E-state index < -0.39 is 0 Å². The molecule has 0 atom stereocenters. The topological polar surface area (TPSA) is 68.4 Å². The number of nitrogens with zero attached hydrogens (tertiary/aromatic N) is 1. The molecule has 0 aliphatic heterocycles. The van der Waals surface area contributed by atoms with Gasteiger partial charge in [-0.3, -0.25) is 0 Å². The van der Waals surface area contributed by atoms with Gasteiger partial charge in [-0.1, -0.05) is 11.8 Å². The van der Waals surface area contributed by atoms with Crippen LogP contribution in [0.25, 0.3) is 0 Å². The van der Waals surface area contributed by atoms with E-state index in [0.717, 1.165) is 0 Å². The zero-order chi connectivity index (χ0) is 9.68. The van der Waals surface area contributed by atoms with Crippen LogP contribution in [0.3, 0.4) is 0 Å². The van der Waals surface area contributed by atoms with Gasteiger partial charge in [-0.25, -0.2) is 4.98 Å². The van der Waals surface area contributed by atoms with Crippen LogP contribution in [-0.4, -0.2) is 23.8 Å². The highest BCUT2D eigenvalue weighted by molar-refractivity contribution is 5.50. The Balaban J connectivity index is 2.99. The Hall–Kier alpha value is -1.73. The predicted molar refractivity (Wildman–Crippen MR) is 49.2 cm³/mol. The van der Waals surface area contributed by atoms with E-state index in [1.165, 1.54) is 13.3 Å². The fourth-order valence-corrected chi connectivity index (χ4v) is 0.829. The van der Waals surface area contributed by atoms with Crippen LogP contribution in [-0.2, 0) is 0 Å². The Morgan fingerprint density at radius 1 is 1.69 bits per heavy atom. The van der Waals surface area contributed by atoms with Crippen molar-refractivity contribution in [3.8, 4) is 17.6 Å². The van der Waals surface area contributed by atoms with Crippen LogP contribution >= 0.6 is 0 Å². The summed E-state index contributed by atoms with van der Waals surface area (Å²) in [7, 11) is 1.51. The number of hydrogen-bond donors (Lipinski definition) is 2. The normalized spacial score (nSPS) is 8.77. The van der Waals surface area contributed by atoms with Gasteiger partial charge in [0.2, 0.25) is 0 Å². The van der Waals surface area contributed by atoms with Gasteiger partial charge in [0, 0.05) is 17.8 Å². The number of aliphatic hydroxyl groups is 1. The van der Waals surface area contributed by atoms with Crippen molar-refractivity contribution in [2.24, 2.45) is 0 Å². The Bertz CT molecular complexity index is 352. The van der Waals surface area contributed by atoms with E-state index in [1.54, 1.807) is 6.07 Å². The lowest BCUT2D eigenvalue weighted by atomic mass is 10.2. The van der Waals surface area contributed by atoms with E-state index in [0.29, 0.717) is 17.1 Å². The molecule has 0 fully saturated rings. The summed E-state index contributed by atoms with van der Waals surface area (Å²) in [6, 6.07) is 1.67. The minimum atomic E-state index is -0.174. The van der Waals surface area contributed by atoms with Crippen molar-refractivity contribution in [2.75, 3.05) is 19.5 Å². The maximum absolute atomic E-state index is 8.46. The van der Waals surface area contributed by atoms with Crippen molar-refractivity contribution in [3.63, 3.8) is 0 Å². The first-order valence-corrected chi connectivity index (χ1v) is 3.67. The number of hydrogen-bond acceptors (Lipinski definition) is 4. The third kappa shape index (κ3) is 2.36. The summed E-state index contributed by atoms with van der Waals surface area (Å²) >= 11 is 0. The molecule has 0 aliphatic rings. The number of nitrogens with two attached hydrogens (primary N) is 1. The summed E-state index contributed by atoms with van der Waals surface area (Å²) in [5, 5.41) is 8.46. The molecule has 4 heteroatoms. The van der Waals surface area contributed by atoms with E-state index >= 15 is 0 Å². The van der Waals surface area contributed by atoms with E-state index in [2.05, 4.69) is 16.8 Å². The molecule has 0 amide bonds. The quantitative estimate of drug-likeness (QED) is 0.595. The summed E-state index contributed by atoms with van der Waals surface area (Å²) in [5.74, 6) is 6.02. The zero-order valence-electron chi connectivity index (χ0n) is 7.24. The van der Waals surface area contributed by atoms with Crippen LogP contribution in [0.4, 0.5) is 5.82 Å². The number of rotatable bonds is 1. The van der Waals surface area contributed by atoms with Crippen LogP contribution in [0.15, 0.2) is 12.3 Å². The number of anilines is 1. The molecule has 0 bridgehead atoms. The van der Waals surface area contributed by atoms with Crippen LogP contribution < -0.4 is 10.5 Å². The molecule has 0 aromatic carbocycles. The number of ether oxygens (including phenoxy) is 1. The minimum Gasteiger partial charge on any atom is -0.493 e. The van der Waals surface area contributed by atoms with Gasteiger partial charge in [0.1, 0.15) is 6.61 Å². The number of aromatic nitrogens is 1. The van der Waals surface area contributed by atoms with Gasteiger partial charge in [0.25, 0.3) is 0 Å². The zero-order valence-corrected chi connectivity index (χ0v) is 7.24. The number of nitrogen functional groups attached to an aromatic ring is 1. The molecule has 1 aromatic rings. The van der Waals surface area contributed by atoms with Crippen molar-refractivity contribution >= 4 is 5.82 Å². The Morgan fingerprint density at radius 2 is 2.46 bits per heavy atom. The monoisotopic (exact) mass is 178 g/mol. The van der Waals surface area contributed by atoms with Gasteiger partial charge >= 0.3 is 0 Å². The van der Waals surface area contributed by atoms with Crippen molar-refractivity contribution in [1.82, 2.24) is 4.98 Å². The van der Waals surface area contributed by atoms with E-state index in [1.807, 2.05) is 0 Å². The summed E-state index contributed by atoms with van der Waals surface area (Å²) in [6.45, 7) is -0.174. The molecular weight excluding hydrogens is 168 g/mol. The smallest absolute Gasteiger partial charge is 0.166 e. The van der Waals surface area contributed by atoms with Crippen LogP contribution in [0.2, 0.25) is 0 Å². The Morgan fingerprint density at radius 3 is 3.08 bits per heavy atom. The minimum absolute atomic E-state index is 0.174. The summed E-state index contributed by atoms with van der Waals surface area (Å²) in [6.07, 6.45) is 1.53. The maximum Gasteiger partial charge on any atom is 0.166 e. The molecule has 0 saturated carbocycles. The average molecular weight is 178 g/mol. The van der Waals surface area contributed by atoms with Crippen LogP contribution in [0.1, 0.15) is 5.56 Å². The first-order valence-electron chi connectivity index (χ1n) is 3.67. The molecule has 0 radical (unpaired) electrons. The van der Waals surface area contributed by atoms with Crippen molar-refractivity contribution in [3.05, 3.63) is 17.8 Å². The molecular formula is C9H10N2O2. The molecule has 0 aliphatic carbocycles. The second-order valence-corrected chi connectivity index (χ2v) is 2.27. The molecule has 0 unspecified atom stereocenters. The summed E-state index contributed by atoms with van der Waals surface area (Å²) in [5.41, 5.74) is 6.16. The summed E-state index contributed by atoms with van der Waals surface area (Å²) < 4.78 is 4.95. The molecule has 0 spiro atoms. The van der Waals surface area contributed by atoms with Crippen LogP contribution in [0.5, 0.6) is 5.75 Å².